The topological polar surface area (TPSA) is 69.4 Å². The lowest BCUT2D eigenvalue weighted by Crippen LogP contribution is -2.47. The Bertz CT molecular complexity index is 1150. The number of rotatable bonds is 9. The molecular formula is C29H27NO4P+. The van der Waals surface area contributed by atoms with Gasteiger partial charge in [0.2, 0.25) is 6.54 Å². The van der Waals surface area contributed by atoms with Crippen molar-refractivity contribution >= 4 is 29.1 Å². The zero-order valence-electron chi connectivity index (χ0n) is 19.4. The first kappa shape index (κ1) is 24.3. The van der Waals surface area contributed by atoms with Crippen LogP contribution < -0.4 is 15.9 Å². The summed E-state index contributed by atoms with van der Waals surface area (Å²) in [6.07, 6.45) is 0. The van der Waals surface area contributed by atoms with Crippen molar-refractivity contribution in [3.05, 3.63) is 137 Å². The Morgan fingerprint density at radius 3 is 1.46 bits per heavy atom. The van der Waals surface area contributed by atoms with Crippen LogP contribution in [0.25, 0.3) is 0 Å². The van der Waals surface area contributed by atoms with Gasteiger partial charge in [-0.3, -0.25) is 10.1 Å². The summed E-state index contributed by atoms with van der Waals surface area (Å²) < 4.78 is 5.43. The highest BCUT2D eigenvalue weighted by atomic mass is 31.2. The second-order valence-corrected chi connectivity index (χ2v) is 11.8. The van der Waals surface area contributed by atoms with Gasteiger partial charge >= 0.3 is 5.97 Å². The van der Waals surface area contributed by atoms with Crippen LogP contribution in [0.15, 0.2) is 121 Å². The first-order valence-corrected chi connectivity index (χ1v) is 13.2. The van der Waals surface area contributed by atoms with Crippen molar-refractivity contribution in [1.29, 1.82) is 0 Å². The molecule has 0 radical (unpaired) electrons. The predicted molar refractivity (Wildman–Crippen MR) is 142 cm³/mol. The van der Waals surface area contributed by atoms with Gasteiger partial charge in [-0.15, -0.1) is 0 Å². The van der Waals surface area contributed by atoms with Gasteiger partial charge in [0.15, 0.2) is 5.66 Å². The molecule has 5 nitrogen and oxygen atoms in total. The highest BCUT2D eigenvalue weighted by Gasteiger charge is 2.60. The standard InChI is InChI=1S/C29H27NO4P/c1-34-29(31)28(27(22-30(32)33)23-14-6-2-7-15-23)35(24-16-8-3-9-17-24,25-18-10-4-11-19-25)26-20-12-5-13-21-26/h2-21,27-28H,22H2,1H3/q+1/t27-,28+/m0/s1. The van der Waals surface area contributed by atoms with Crippen molar-refractivity contribution < 1.29 is 14.5 Å². The zero-order valence-corrected chi connectivity index (χ0v) is 20.3. The van der Waals surface area contributed by atoms with E-state index in [1.54, 1.807) is 0 Å². The van der Waals surface area contributed by atoms with Crippen LogP contribution in [0.5, 0.6) is 0 Å². The smallest absolute Gasteiger partial charge is 0.348 e. The fourth-order valence-corrected chi connectivity index (χ4v) is 9.89. The lowest BCUT2D eigenvalue weighted by atomic mass is 9.95. The van der Waals surface area contributed by atoms with E-state index in [2.05, 4.69) is 0 Å². The van der Waals surface area contributed by atoms with Gasteiger partial charge in [-0.2, -0.15) is 0 Å². The molecule has 0 saturated carbocycles. The number of hydrogen-bond acceptors (Lipinski definition) is 4. The zero-order chi connectivity index (χ0) is 24.7. The van der Waals surface area contributed by atoms with Crippen molar-refractivity contribution in [3.63, 3.8) is 0 Å². The van der Waals surface area contributed by atoms with Gasteiger partial charge in [0, 0.05) is 4.92 Å². The van der Waals surface area contributed by atoms with Crippen molar-refractivity contribution in [2.24, 2.45) is 0 Å². The van der Waals surface area contributed by atoms with Crippen LogP contribution in [0.3, 0.4) is 0 Å². The molecule has 35 heavy (non-hydrogen) atoms. The number of methoxy groups -OCH3 is 1. The third-order valence-corrected chi connectivity index (χ3v) is 11.0. The number of ether oxygens (including phenoxy) is 1. The average molecular weight is 485 g/mol. The number of esters is 1. The molecule has 176 valence electrons. The van der Waals surface area contributed by atoms with E-state index in [1.807, 2.05) is 121 Å². The van der Waals surface area contributed by atoms with Gasteiger partial charge in [-0.05, 0) is 42.0 Å². The SMILES string of the molecule is COC(=O)[C@@H]([C@@H](C[N+](=O)[O-])c1ccccc1)[P+](c1ccccc1)(c1ccccc1)c1ccccc1. The number of carbonyl (C=O) groups is 1. The summed E-state index contributed by atoms with van der Waals surface area (Å²) in [4.78, 5) is 25.5. The fraction of sp³-hybridized carbons (Fsp3) is 0.138. The minimum absolute atomic E-state index is 0.330. The molecular weight excluding hydrogens is 457 g/mol. The highest BCUT2D eigenvalue weighted by molar-refractivity contribution is 7.96. The Morgan fingerprint density at radius 1 is 0.743 bits per heavy atom. The summed E-state index contributed by atoms with van der Waals surface area (Å²) in [6.45, 7) is -0.391. The summed E-state index contributed by atoms with van der Waals surface area (Å²) in [7, 11) is -1.43. The summed E-state index contributed by atoms with van der Waals surface area (Å²) >= 11 is 0. The quantitative estimate of drug-likeness (QED) is 0.151. The fourth-order valence-electron chi connectivity index (χ4n) is 4.88. The minimum Gasteiger partial charge on any atom is -0.466 e. The number of carbonyl (C=O) groups excluding carboxylic acids is 1. The molecule has 0 aromatic heterocycles. The largest absolute Gasteiger partial charge is 0.466 e. The number of nitro groups is 1. The van der Waals surface area contributed by atoms with Crippen LogP contribution in [0, 0.1) is 10.1 Å². The van der Waals surface area contributed by atoms with Crippen molar-refractivity contribution in [1.82, 2.24) is 0 Å². The second kappa shape index (κ2) is 11.1. The van der Waals surface area contributed by atoms with Crippen molar-refractivity contribution in [2.45, 2.75) is 11.6 Å². The van der Waals surface area contributed by atoms with Crippen LogP contribution >= 0.6 is 7.26 Å². The maximum atomic E-state index is 13.9. The maximum Gasteiger partial charge on any atom is 0.348 e. The number of benzene rings is 4. The van der Waals surface area contributed by atoms with E-state index >= 15 is 0 Å². The Kier molecular flexibility index (Phi) is 7.69. The molecule has 4 aromatic rings. The average Bonchev–Trinajstić information content (AvgIpc) is 2.92. The van der Waals surface area contributed by atoms with Gasteiger partial charge in [0.05, 0.1) is 13.0 Å². The molecule has 0 amide bonds. The van der Waals surface area contributed by atoms with Crippen LogP contribution in [0.1, 0.15) is 11.5 Å². The normalized spacial score (nSPS) is 12.9. The molecule has 0 saturated heterocycles. The molecule has 0 aliphatic carbocycles. The van der Waals surface area contributed by atoms with Crippen LogP contribution in [-0.4, -0.2) is 30.2 Å². The van der Waals surface area contributed by atoms with Crippen molar-refractivity contribution in [3.8, 4) is 0 Å². The highest BCUT2D eigenvalue weighted by Crippen LogP contribution is 2.63. The Morgan fingerprint density at radius 2 is 1.11 bits per heavy atom. The molecule has 4 rings (SSSR count). The van der Waals surface area contributed by atoms with Gasteiger partial charge in [-0.25, -0.2) is 4.79 Å². The van der Waals surface area contributed by atoms with E-state index in [1.165, 1.54) is 7.11 Å². The monoisotopic (exact) mass is 484 g/mol. The summed E-state index contributed by atoms with van der Waals surface area (Å²) in [5, 5.41) is 14.9. The van der Waals surface area contributed by atoms with Crippen LogP contribution in [-0.2, 0) is 9.53 Å². The molecule has 0 aliphatic rings. The molecule has 0 unspecified atom stereocenters. The van der Waals surface area contributed by atoms with E-state index in [9.17, 15) is 14.9 Å². The third kappa shape index (κ3) is 4.87. The Balaban J connectivity index is 2.14. The van der Waals surface area contributed by atoms with E-state index < -0.39 is 31.4 Å². The van der Waals surface area contributed by atoms with Gasteiger partial charge in [0.25, 0.3) is 0 Å². The number of hydrogen-bond donors (Lipinski definition) is 0. The minimum atomic E-state index is -2.79. The summed E-state index contributed by atoms with van der Waals surface area (Å²) in [5.41, 5.74) is -0.0701. The lowest BCUT2D eigenvalue weighted by Gasteiger charge is -2.36. The molecule has 0 heterocycles. The van der Waals surface area contributed by atoms with Crippen molar-refractivity contribution in [2.75, 3.05) is 13.7 Å². The van der Waals surface area contributed by atoms with Gasteiger partial charge in [-0.1, -0.05) is 84.9 Å². The Labute approximate surface area is 205 Å². The molecule has 0 fully saturated rings. The van der Waals surface area contributed by atoms with Crippen LogP contribution in [0.4, 0.5) is 0 Å². The third-order valence-electron chi connectivity index (χ3n) is 6.30. The van der Waals surface area contributed by atoms with E-state index in [-0.39, 0.29) is 4.92 Å². The Hall–Kier alpha value is -3.82. The second-order valence-electron chi connectivity index (χ2n) is 8.23. The molecule has 0 aliphatic heterocycles. The summed E-state index contributed by atoms with van der Waals surface area (Å²) in [6, 6.07) is 39.0. The van der Waals surface area contributed by atoms with E-state index in [0.717, 1.165) is 21.5 Å². The maximum absolute atomic E-state index is 13.9. The van der Waals surface area contributed by atoms with Gasteiger partial charge < -0.3 is 4.74 Å². The lowest BCUT2D eigenvalue weighted by molar-refractivity contribution is -0.483. The van der Waals surface area contributed by atoms with E-state index in [4.69, 9.17) is 4.74 Å². The predicted octanol–water partition coefficient (Wildman–Crippen LogP) is 4.58. The summed E-state index contributed by atoms with van der Waals surface area (Å²) in [5.74, 6) is -1.15. The van der Waals surface area contributed by atoms with Gasteiger partial charge in [0.1, 0.15) is 23.2 Å². The molecule has 4 aromatic carbocycles. The molecule has 6 heteroatoms. The van der Waals surface area contributed by atoms with Crippen LogP contribution in [0.2, 0.25) is 0 Å². The molecule has 2 atom stereocenters. The first-order valence-electron chi connectivity index (χ1n) is 11.4. The molecule has 0 bridgehead atoms. The molecule has 0 N–H and O–H groups in total. The number of nitrogens with zero attached hydrogens (tertiary/aromatic N) is 1. The van der Waals surface area contributed by atoms with E-state index in [0.29, 0.717) is 0 Å². The molecule has 0 spiro atoms. The first-order chi connectivity index (χ1) is 17.1.